The summed E-state index contributed by atoms with van der Waals surface area (Å²) in [7, 11) is 0. The summed E-state index contributed by atoms with van der Waals surface area (Å²) in [6.07, 6.45) is -1.41. The van der Waals surface area contributed by atoms with Gasteiger partial charge in [-0.15, -0.1) is 0 Å². The molecule has 2 bridgehead atoms. The van der Waals surface area contributed by atoms with Crippen LogP contribution in [0.4, 0.5) is 5.69 Å². The van der Waals surface area contributed by atoms with E-state index in [4.69, 9.17) is 4.74 Å². The summed E-state index contributed by atoms with van der Waals surface area (Å²) >= 11 is 0. The van der Waals surface area contributed by atoms with Gasteiger partial charge in [0.25, 0.3) is 0 Å². The van der Waals surface area contributed by atoms with Crippen LogP contribution in [0.5, 0.6) is 0 Å². The molecule has 6 rings (SSSR count). The fourth-order valence-corrected chi connectivity index (χ4v) is 5.28. The van der Waals surface area contributed by atoms with Crippen molar-refractivity contribution in [1.82, 2.24) is 0 Å². The van der Waals surface area contributed by atoms with Gasteiger partial charge in [0, 0.05) is 28.7 Å². The maximum atomic E-state index is 13.6. The topological polar surface area (TPSA) is 95.9 Å². The van der Waals surface area contributed by atoms with E-state index in [1.807, 2.05) is 37.3 Å². The molecule has 4 atom stereocenters. The molecule has 6 heteroatoms. The van der Waals surface area contributed by atoms with Crippen LogP contribution in [0.2, 0.25) is 0 Å². The van der Waals surface area contributed by atoms with Gasteiger partial charge in [0.15, 0.2) is 11.6 Å². The number of rotatable bonds is 1. The SMILES string of the molecule is Cc1ccc2c3c(ccc2c1)C(=O)c1c(ccc2c1N[C@H]1C[C@@H]2O[C@H](CO)[C@@H]1O)C3=O. The molecule has 1 saturated heterocycles. The molecule has 6 nitrogen and oxygen atoms in total. The molecule has 1 fully saturated rings. The summed E-state index contributed by atoms with van der Waals surface area (Å²) in [5, 5.41) is 25.1. The zero-order valence-corrected chi connectivity index (χ0v) is 16.9. The van der Waals surface area contributed by atoms with Crippen LogP contribution in [-0.4, -0.2) is 46.6 Å². The van der Waals surface area contributed by atoms with E-state index in [1.54, 1.807) is 12.1 Å². The molecule has 31 heavy (non-hydrogen) atoms. The smallest absolute Gasteiger partial charge is 0.196 e. The average Bonchev–Trinajstić information content (AvgIpc) is 2.78. The van der Waals surface area contributed by atoms with Crippen LogP contribution in [0, 0.1) is 6.92 Å². The highest BCUT2D eigenvalue weighted by atomic mass is 16.5. The van der Waals surface area contributed by atoms with Gasteiger partial charge in [0.1, 0.15) is 12.2 Å². The summed E-state index contributed by atoms with van der Waals surface area (Å²) < 4.78 is 5.90. The Labute approximate surface area is 178 Å². The predicted octanol–water partition coefficient (Wildman–Crippen LogP) is 2.90. The first-order valence-electron chi connectivity index (χ1n) is 10.5. The van der Waals surface area contributed by atoms with Crippen molar-refractivity contribution in [3.05, 3.63) is 75.8 Å². The van der Waals surface area contributed by atoms with Crippen molar-refractivity contribution in [3.63, 3.8) is 0 Å². The number of aliphatic hydroxyl groups is 2. The molecule has 3 N–H and O–H groups in total. The van der Waals surface area contributed by atoms with E-state index in [2.05, 4.69) is 5.32 Å². The Bertz CT molecular complexity index is 1300. The molecule has 1 aliphatic carbocycles. The van der Waals surface area contributed by atoms with Crippen molar-refractivity contribution in [2.24, 2.45) is 0 Å². The number of hydrogen-bond donors (Lipinski definition) is 3. The number of ketones is 2. The minimum atomic E-state index is -0.904. The van der Waals surface area contributed by atoms with Crippen molar-refractivity contribution in [2.45, 2.75) is 37.7 Å². The zero-order valence-electron chi connectivity index (χ0n) is 16.9. The summed E-state index contributed by atoms with van der Waals surface area (Å²) in [4.78, 5) is 27.2. The molecular formula is C25H21NO5. The third kappa shape index (κ3) is 2.50. The highest BCUT2D eigenvalue weighted by Crippen LogP contribution is 2.46. The van der Waals surface area contributed by atoms with Gasteiger partial charge in [-0.3, -0.25) is 9.59 Å². The van der Waals surface area contributed by atoms with Gasteiger partial charge < -0.3 is 20.3 Å². The summed E-state index contributed by atoms with van der Waals surface area (Å²) in [5.41, 5.74) is 3.98. The monoisotopic (exact) mass is 415 g/mol. The molecule has 2 heterocycles. The van der Waals surface area contributed by atoms with E-state index in [0.717, 1.165) is 21.9 Å². The number of aryl methyl sites for hydroxylation is 1. The van der Waals surface area contributed by atoms with Gasteiger partial charge >= 0.3 is 0 Å². The molecule has 3 aliphatic rings. The van der Waals surface area contributed by atoms with E-state index in [-0.39, 0.29) is 30.3 Å². The summed E-state index contributed by atoms with van der Waals surface area (Å²) in [6.45, 7) is 1.71. The van der Waals surface area contributed by atoms with E-state index < -0.39 is 12.2 Å². The number of nitrogens with one attached hydrogen (secondary N) is 1. The molecule has 3 aromatic carbocycles. The van der Waals surface area contributed by atoms with Crippen LogP contribution in [-0.2, 0) is 4.74 Å². The first kappa shape index (κ1) is 18.7. The molecule has 0 aromatic heterocycles. The van der Waals surface area contributed by atoms with Crippen molar-refractivity contribution < 1.29 is 24.5 Å². The number of benzene rings is 3. The zero-order chi connectivity index (χ0) is 21.4. The second kappa shape index (κ2) is 6.47. The van der Waals surface area contributed by atoms with Gasteiger partial charge in [-0.1, -0.05) is 35.9 Å². The fourth-order valence-electron chi connectivity index (χ4n) is 5.28. The normalized spacial score (nSPS) is 26.2. The fraction of sp³-hybridized carbons (Fsp3) is 0.280. The Balaban J connectivity index is 1.54. The van der Waals surface area contributed by atoms with Gasteiger partial charge in [-0.05, 0) is 29.8 Å². The van der Waals surface area contributed by atoms with Crippen LogP contribution in [0.1, 0.15) is 55.5 Å². The third-order valence-corrected chi connectivity index (χ3v) is 6.81. The average molecular weight is 415 g/mol. The lowest BCUT2D eigenvalue weighted by atomic mass is 9.77. The van der Waals surface area contributed by atoms with Crippen LogP contribution in [0.3, 0.4) is 0 Å². The number of hydrogen-bond acceptors (Lipinski definition) is 6. The highest BCUT2D eigenvalue weighted by Gasteiger charge is 2.44. The van der Waals surface area contributed by atoms with E-state index in [0.29, 0.717) is 34.4 Å². The number of ether oxygens (including phenoxy) is 1. The standard InChI is InChI=1S/C25H21NO5/c1-11-2-4-13-12(8-11)3-5-15-20(13)23(28)16-7-6-14-18-9-17(25(30)19(10-27)31-18)26-22(14)21(16)24(15)29/h2-8,17-19,25-27,30H,9-10H2,1H3/t17-,18-,19+,25+/m0/s1. The van der Waals surface area contributed by atoms with Gasteiger partial charge in [0.2, 0.25) is 0 Å². The quantitative estimate of drug-likeness (QED) is 0.442. The third-order valence-electron chi connectivity index (χ3n) is 6.81. The Morgan fingerprint density at radius 2 is 1.77 bits per heavy atom. The minimum Gasteiger partial charge on any atom is -0.394 e. The Morgan fingerprint density at radius 1 is 1.03 bits per heavy atom. The lowest BCUT2D eigenvalue weighted by molar-refractivity contribution is -0.143. The van der Waals surface area contributed by atoms with Crippen molar-refractivity contribution in [3.8, 4) is 0 Å². The second-order valence-electron chi connectivity index (χ2n) is 8.65. The molecule has 0 amide bonds. The first-order valence-corrected chi connectivity index (χ1v) is 10.5. The number of carbonyl (C=O) groups is 2. The molecule has 0 spiro atoms. The number of fused-ring (bicyclic) bond motifs is 9. The van der Waals surface area contributed by atoms with E-state index >= 15 is 0 Å². The molecular weight excluding hydrogens is 394 g/mol. The predicted molar refractivity (Wildman–Crippen MR) is 115 cm³/mol. The maximum absolute atomic E-state index is 13.6. The van der Waals surface area contributed by atoms with Gasteiger partial charge in [0.05, 0.1) is 30.0 Å². The maximum Gasteiger partial charge on any atom is 0.196 e. The van der Waals surface area contributed by atoms with E-state index in [9.17, 15) is 19.8 Å². The first-order chi connectivity index (χ1) is 15.0. The van der Waals surface area contributed by atoms with Crippen LogP contribution < -0.4 is 5.32 Å². The Hall–Kier alpha value is -3.06. The Morgan fingerprint density at radius 3 is 2.58 bits per heavy atom. The van der Waals surface area contributed by atoms with Crippen molar-refractivity contribution in [2.75, 3.05) is 11.9 Å². The van der Waals surface area contributed by atoms with E-state index in [1.165, 1.54) is 0 Å². The molecule has 156 valence electrons. The van der Waals surface area contributed by atoms with Crippen molar-refractivity contribution in [1.29, 1.82) is 0 Å². The molecule has 0 radical (unpaired) electrons. The lowest BCUT2D eigenvalue weighted by Crippen LogP contribution is -2.53. The van der Waals surface area contributed by atoms with Crippen LogP contribution in [0.15, 0.2) is 42.5 Å². The molecule has 3 aromatic rings. The summed E-state index contributed by atoms with van der Waals surface area (Å²) in [6, 6.07) is 12.6. The minimum absolute atomic E-state index is 0.172. The van der Waals surface area contributed by atoms with Gasteiger partial charge in [-0.2, -0.15) is 0 Å². The van der Waals surface area contributed by atoms with Gasteiger partial charge in [-0.25, -0.2) is 0 Å². The molecule has 0 saturated carbocycles. The number of aliphatic hydroxyl groups excluding tert-OH is 2. The highest BCUT2D eigenvalue weighted by molar-refractivity contribution is 6.33. The number of anilines is 1. The van der Waals surface area contributed by atoms with Crippen molar-refractivity contribution >= 4 is 28.0 Å². The molecule has 2 aliphatic heterocycles. The Kier molecular flexibility index (Phi) is 3.90. The largest absolute Gasteiger partial charge is 0.394 e. The van der Waals surface area contributed by atoms with Crippen LogP contribution in [0.25, 0.3) is 10.8 Å². The number of carbonyl (C=O) groups excluding carboxylic acids is 2. The summed E-state index contributed by atoms with van der Waals surface area (Å²) in [5.74, 6) is -0.376. The second-order valence-corrected chi connectivity index (χ2v) is 8.65. The molecule has 0 unspecified atom stereocenters. The van der Waals surface area contributed by atoms with Crippen LogP contribution >= 0.6 is 0 Å². The lowest BCUT2D eigenvalue weighted by Gasteiger charge is -2.45.